The molecule has 25 heavy (non-hydrogen) atoms. The van der Waals surface area contributed by atoms with Gasteiger partial charge in [0, 0.05) is 13.3 Å². The molecule has 0 unspecified atom stereocenters. The van der Waals surface area contributed by atoms with Crippen LogP contribution >= 0.6 is 0 Å². The van der Waals surface area contributed by atoms with E-state index < -0.39 is 29.7 Å². The Kier molecular flexibility index (Phi) is 3.58. The number of nitrogens with zero attached hydrogens (tertiary/aromatic N) is 4. The molecule has 0 aliphatic carbocycles. The molecular weight excluding hydrogens is 326 g/mol. The van der Waals surface area contributed by atoms with Gasteiger partial charge in [0.25, 0.3) is 0 Å². The first-order valence-corrected chi connectivity index (χ1v) is 8.08. The van der Waals surface area contributed by atoms with E-state index >= 15 is 0 Å². The van der Waals surface area contributed by atoms with Crippen molar-refractivity contribution in [1.82, 2.24) is 14.6 Å². The van der Waals surface area contributed by atoms with Crippen LogP contribution in [0.2, 0.25) is 0 Å². The topological polar surface area (TPSA) is 116 Å². The number of rotatable bonds is 3. The van der Waals surface area contributed by atoms with Gasteiger partial charge < -0.3 is 25.1 Å². The third kappa shape index (κ3) is 2.27. The Bertz CT molecular complexity index is 835. The van der Waals surface area contributed by atoms with Crippen molar-refractivity contribution in [1.29, 1.82) is 0 Å². The monoisotopic (exact) mass is 347 g/mol. The second-order valence-electron chi connectivity index (χ2n) is 6.70. The van der Waals surface area contributed by atoms with Crippen LogP contribution in [0.25, 0.3) is 5.52 Å². The summed E-state index contributed by atoms with van der Waals surface area (Å²) in [7, 11) is 1.66. The highest BCUT2D eigenvalue weighted by Gasteiger charge is 2.63. The predicted molar refractivity (Wildman–Crippen MR) is 89.3 cm³/mol. The standard InChI is InChI=1S/C16H21N5O4/c1-15(2)24-12-10(6-22)23-16(7-18-3,13(12)25-15)11-5-4-9-14(17)19-8-20-21(9)11/h4-5,7-8,10,12-13,22H,6H2,1-3H3,(H2,17,19,20)/b18-7-/t10-,12-,13-,16+/m1/s1. The maximum atomic E-state index is 9.78. The van der Waals surface area contributed by atoms with Crippen molar-refractivity contribution in [2.24, 2.45) is 4.99 Å². The van der Waals surface area contributed by atoms with Crippen LogP contribution in [-0.4, -0.2) is 63.7 Å². The third-order valence-corrected chi connectivity index (χ3v) is 4.65. The van der Waals surface area contributed by atoms with Gasteiger partial charge in [0.2, 0.25) is 0 Å². The van der Waals surface area contributed by atoms with E-state index in [9.17, 15) is 5.11 Å². The largest absolute Gasteiger partial charge is 0.394 e. The van der Waals surface area contributed by atoms with Crippen molar-refractivity contribution in [2.75, 3.05) is 19.4 Å². The summed E-state index contributed by atoms with van der Waals surface area (Å²) in [6.45, 7) is 3.48. The molecule has 0 aromatic carbocycles. The fraction of sp³-hybridized carbons (Fsp3) is 0.562. The van der Waals surface area contributed by atoms with E-state index in [1.165, 1.54) is 6.33 Å². The minimum atomic E-state index is -1.06. The number of ether oxygens (including phenoxy) is 3. The number of aliphatic imine (C=N–C) groups is 1. The van der Waals surface area contributed by atoms with Crippen molar-refractivity contribution in [3.05, 3.63) is 24.2 Å². The molecule has 2 aliphatic rings. The molecule has 2 aliphatic heterocycles. The number of aliphatic hydroxyl groups excluding tert-OH is 1. The van der Waals surface area contributed by atoms with E-state index in [2.05, 4.69) is 15.1 Å². The summed E-state index contributed by atoms with van der Waals surface area (Å²) in [5, 5.41) is 14.1. The number of aliphatic hydroxyl groups is 1. The van der Waals surface area contributed by atoms with Crippen molar-refractivity contribution >= 4 is 17.5 Å². The van der Waals surface area contributed by atoms with Crippen LogP contribution in [-0.2, 0) is 19.8 Å². The molecule has 4 atom stereocenters. The van der Waals surface area contributed by atoms with Crippen LogP contribution < -0.4 is 5.73 Å². The lowest BCUT2D eigenvalue weighted by Crippen LogP contribution is -2.43. The molecule has 0 radical (unpaired) electrons. The Balaban J connectivity index is 1.92. The molecule has 0 spiro atoms. The maximum absolute atomic E-state index is 9.78. The number of nitrogens with two attached hydrogens (primary N) is 1. The molecule has 0 bridgehead atoms. The first-order valence-electron chi connectivity index (χ1n) is 8.08. The fourth-order valence-corrected chi connectivity index (χ4v) is 3.73. The first-order chi connectivity index (χ1) is 11.9. The van der Waals surface area contributed by atoms with E-state index in [1.54, 1.807) is 17.8 Å². The Morgan fingerprint density at radius 2 is 2.16 bits per heavy atom. The normalized spacial score (nSPS) is 34.2. The molecular formula is C16H21N5O4. The van der Waals surface area contributed by atoms with Gasteiger partial charge in [-0.25, -0.2) is 9.50 Å². The summed E-state index contributed by atoms with van der Waals surface area (Å²) >= 11 is 0. The number of fused-ring (bicyclic) bond motifs is 2. The average molecular weight is 347 g/mol. The molecule has 2 saturated heterocycles. The van der Waals surface area contributed by atoms with Crippen molar-refractivity contribution in [3.63, 3.8) is 0 Å². The Hall–Kier alpha value is -2.07. The number of hydrogen-bond acceptors (Lipinski definition) is 8. The lowest BCUT2D eigenvalue weighted by molar-refractivity contribution is -0.201. The van der Waals surface area contributed by atoms with Gasteiger partial charge in [0.15, 0.2) is 17.2 Å². The minimum absolute atomic E-state index is 0.194. The highest BCUT2D eigenvalue weighted by Crippen LogP contribution is 2.48. The molecule has 9 heteroatoms. The summed E-state index contributed by atoms with van der Waals surface area (Å²) in [6, 6.07) is 3.68. The molecule has 134 valence electrons. The van der Waals surface area contributed by atoms with Gasteiger partial charge in [-0.2, -0.15) is 5.10 Å². The van der Waals surface area contributed by atoms with Crippen LogP contribution in [0.1, 0.15) is 19.5 Å². The van der Waals surface area contributed by atoms with Crippen LogP contribution in [0.3, 0.4) is 0 Å². The van der Waals surface area contributed by atoms with Gasteiger partial charge in [-0.15, -0.1) is 0 Å². The van der Waals surface area contributed by atoms with Crippen LogP contribution in [0, 0.1) is 0 Å². The molecule has 0 amide bonds. The molecule has 4 rings (SSSR count). The Morgan fingerprint density at radius 3 is 2.88 bits per heavy atom. The lowest BCUT2D eigenvalue weighted by Gasteiger charge is -2.31. The predicted octanol–water partition coefficient (Wildman–Crippen LogP) is 0.119. The van der Waals surface area contributed by atoms with Gasteiger partial charge in [-0.3, -0.25) is 4.99 Å². The van der Waals surface area contributed by atoms with Crippen molar-refractivity contribution < 1.29 is 19.3 Å². The van der Waals surface area contributed by atoms with Crippen LogP contribution in [0.15, 0.2) is 23.5 Å². The highest BCUT2D eigenvalue weighted by atomic mass is 16.8. The van der Waals surface area contributed by atoms with Crippen LogP contribution in [0.4, 0.5) is 5.82 Å². The quantitative estimate of drug-likeness (QED) is 0.757. The van der Waals surface area contributed by atoms with E-state index in [-0.39, 0.29) is 6.61 Å². The summed E-state index contributed by atoms with van der Waals surface area (Å²) in [5.74, 6) is -0.428. The fourth-order valence-electron chi connectivity index (χ4n) is 3.73. The zero-order chi connectivity index (χ0) is 17.8. The van der Waals surface area contributed by atoms with Crippen molar-refractivity contribution in [3.8, 4) is 0 Å². The molecule has 2 fully saturated rings. The number of hydrogen-bond donors (Lipinski definition) is 2. The van der Waals surface area contributed by atoms with Gasteiger partial charge in [0.1, 0.15) is 30.2 Å². The molecule has 0 saturated carbocycles. The van der Waals surface area contributed by atoms with Gasteiger partial charge in [-0.05, 0) is 26.0 Å². The minimum Gasteiger partial charge on any atom is -0.394 e. The van der Waals surface area contributed by atoms with Gasteiger partial charge in [0.05, 0.1) is 12.3 Å². The second-order valence-corrected chi connectivity index (χ2v) is 6.70. The summed E-state index contributed by atoms with van der Waals surface area (Å²) in [4.78, 5) is 8.21. The molecule has 3 N–H and O–H groups in total. The van der Waals surface area contributed by atoms with Gasteiger partial charge >= 0.3 is 0 Å². The zero-order valence-electron chi connectivity index (χ0n) is 14.3. The maximum Gasteiger partial charge on any atom is 0.174 e. The van der Waals surface area contributed by atoms with Crippen molar-refractivity contribution in [2.45, 2.75) is 43.5 Å². The summed E-state index contributed by atoms with van der Waals surface area (Å²) in [6.07, 6.45) is 1.59. The lowest BCUT2D eigenvalue weighted by atomic mass is 9.92. The first kappa shape index (κ1) is 16.4. The Morgan fingerprint density at radius 1 is 1.36 bits per heavy atom. The third-order valence-electron chi connectivity index (χ3n) is 4.65. The smallest absolute Gasteiger partial charge is 0.174 e. The summed E-state index contributed by atoms with van der Waals surface area (Å²) in [5.41, 5.74) is 6.23. The van der Waals surface area contributed by atoms with Gasteiger partial charge in [-0.1, -0.05) is 0 Å². The van der Waals surface area contributed by atoms with E-state index in [4.69, 9.17) is 19.9 Å². The highest BCUT2D eigenvalue weighted by molar-refractivity contribution is 5.75. The molecule has 2 aromatic rings. The average Bonchev–Trinajstić information content (AvgIpc) is 3.20. The van der Waals surface area contributed by atoms with E-state index in [1.807, 2.05) is 26.0 Å². The SMILES string of the molecule is C/N=C\[C@@]1(c2ccc3c(N)ncnn23)O[C@H](CO)[C@H]2OC(C)(C)O[C@H]21. The second kappa shape index (κ2) is 5.46. The number of aromatic nitrogens is 3. The molecule has 2 aromatic heterocycles. The number of nitrogen functional groups attached to an aromatic ring is 1. The van der Waals surface area contributed by atoms with Crippen LogP contribution in [0.5, 0.6) is 0 Å². The molecule has 4 heterocycles. The number of anilines is 1. The zero-order valence-corrected chi connectivity index (χ0v) is 14.3. The Labute approximate surface area is 144 Å². The summed E-state index contributed by atoms with van der Waals surface area (Å²) < 4.78 is 20.0. The van der Waals surface area contributed by atoms with E-state index in [0.717, 1.165) is 0 Å². The molecule has 9 nitrogen and oxygen atoms in total. The van der Waals surface area contributed by atoms with E-state index in [0.29, 0.717) is 17.0 Å².